The monoisotopic (exact) mass is 284 g/mol. The van der Waals surface area contributed by atoms with Gasteiger partial charge in [0.2, 0.25) is 0 Å². The van der Waals surface area contributed by atoms with Gasteiger partial charge in [0.1, 0.15) is 11.9 Å². The highest BCUT2D eigenvalue weighted by Gasteiger charge is 2.22. The van der Waals surface area contributed by atoms with Crippen molar-refractivity contribution < 1.29 is 9.84 Å². The molecule has 0 heterocycles. The molecular formula is C19H24O2. The smallest absolute Gasteiger partial charge is 0.125 e. The summed E-state index contributed by atoms with van der Waals surface area (Å²) in [6.45, 7) is 10.6. The number of aliphatic hydroxyl groups excluding tert-OH is 1. The van der Waals surface area contributed by atoms with Gasteiger partial charge in [-0.1, -0.05) is 18.2 Å². The summed E-state index contributed by atoms with van der Waals surface area (Å²) in [4.78, 5) is 0. The Morgan fingerprint density at radius 1 is 0.810 bits per heavy atom. The minimum atomic E-state index is -0.667. The van der Waals surface area contributed by atoms with Crippen molar-refractivity contribution in [1.82, 2.24) is 0 Å². The van der Waals surface area contributed by atoms with Gasteiger partial charge in [0, 0.05) is 5.56 Å². The average molecular weight is 284 g/mol. The summed E-state index contributed by atoms with van der Waals surface area (Å²) in [5.74, 6) is 0.722. The number of para-hydroxylation sites is 1. The molecule has 0 saturated heterocycles. The Balaban J connectivity index is 2.67. The first kappa shape index (κ1) is 15.6. The standard InChI is InChI=1S/C19H24O2/c1-11-12(2)14(4)18(15(5)13(11)3)19(20)16-9-7-8-10-17(16)21-6/h7-10,19-20H,1-6H3. The molecule has 0 aliphatic carbocycles. The number of hydrogen-bond acceptors (Lipinski definition) is 2. The SMILES string of the molecule is COc1ccccc1C(O)c1c(C)c(C)c(C)c(C)c1C. The van der Waals surface area contributed by atoms with E-state index >= 15 is 0 Å². The van der Waals surface area contributed by atoms with Gasteiger partial charge >= 0.3 is 0 Å². The summed E-state index contributed by atoms with van der Waals surface area (Å²) in [6, 6.07) is 7.66. The average Bonchev–Trinajstić information content (AvgIpc) is 2.51. The van der Waals surface area contributed by atoms with Crippen LogP contribution in [-0.2, 0) is 0 Å². The first-order chi connectivity index (χ1) is 9.90. The lowest BCUT2D eigenvalue weighted by Crippen LogP contribution is -2.10. The molecule has 2 aromatic rings. The van der Waals surface area contributed by atoms with Crippen LogP contribution in [0.5, 0.6) is 5.75 Å². The molecule has 0 aromatic heterocycles. The Bertz CT molecular complexity index is 643. The van der Waals surface area contributed by atoms with E-state index in [0.717, 1.165) is 28.0 Å². The Kier molecular flexibility index (Phi) is 4.38. The molecule has 1 unspecified atom stereocenters. The van der Waals surface area contributed by atoms with Crippen LogP contribution in [0, 0.1) is 34.6 Å². The maximum Gasteiger partial charge on any atom is 0.125 e. The van der Waals surface area contributed by atoms with Crippen molar-refractivity contribution in [3.8, 4) is 5.75 Å². The number of methoxy groups -OCH3 is 1. The molecule has 1 atom stereocenters. The van der Waals surface area contributed by atoms with Gasteiger partial charge in [0.25, 0.3) is 0 Å². The van der Waals surface area contributed by atoms with E-state index in [-0.39, 0.29) is 0 Å². The summed E-state index contributed by atoms with van der Waals surface area (Å²) in [5, 5.41) is 10.9. The lowest BCUT2D eigenvalue weighted by atomic mass is 9.85. The number of benzene rings is 2. The predicted molar refractivity (Wildman–Crippen MR) is 87.2 cm³/mol. The Morgan fingerprint density at radius 2 is 1.29 bits per heavy atom. The summed E-state index contributed by atoms with van der Waals surface area (Å²) in [6.07, 6.45) is -0.667. The van der Waals surface area contributed by atoms with E-state index < -0.39 is 6.10 Å². The maximum absolute atomic E-state index is 10.9. The van der Waals surface area contributed by atoms with Crippen LogP contribution in [0.3, 0.4) is 0 Å². The Hall–Kier alpha value is -1.80. The second kappa shape index (κ2) is 5.90. The molecule has 2 rings (SSSR count). The molecule has 21 heavy (non-hydrogen) atoms. The van der Waals surface area contributed by atoms with E-state index in [9.17, 15) is 5.11 Å². The van der Waals surface area contributed by atoms with Crippen LogP contribution in [0.1, 0.15) is 45.0 Å². The zero-order valence-electron chi connectivity index (χ0n) is 13.7. The number of ether oxygens (including phenoxy) is 1. The molecule has 2 aromatic carbocycles. The van der Waals surface area contributed by atoms with Crippen molar-refractivity contribution in [2.24, 2.45) is 0 Å². The topological polar surface area (TPSA) is 29.5 Å². The quantitative estimate of drug-likeness (QED) is 0.909. The lowest BCUT2D eigenvalue weighted by molar-refractivity contribution is 0.213. The third-order valence-electron chi connectivity index (χ3n) is 4.76. The van der Waals surface area contributed by atoms with Crippen molar-refractivity contribution >= 4 is 0 Å². The van der Waals surface area contributed by atoms with Gasteiger partial charge in [-0.2, -0.15) is 0 Å². The lowest BCUT2D eigenvalue weighted by Gasteiger charge is -2.23. The molecule has 1 N–H and O–H groups in total. The molecule has 0 saturated carbocycles. The summed E-state index contributed by atoms with van der Waals surface area (Å²) >= 11 is 0. The van der Waals surface area contributed by atoms with Crippen LogP contribution < -0.4 is 4.74 Å². The number of aliphatic hydroxyl groups is 1. The Labute approximate surface area is 127 Å². The van der Waals surface area contributed by atoms with Gasteiger partial charge in [-0.25, -0.2) is 0 Å². The zero-order chi connectivity index (χ0) is 15.7. The van der Waals surface area contributed by atoms with Gasteiger partial charge < -0.3 is 9.84 Å². The van der Waals surface area contributed by atoms with Crippen molar-refractivity contribution in [3.63, 3.8) is 0 Å². The Morgan fingerprint density at radius 3 is 1.81 bits per heavy atom. The fourth-order valence-electron chi connectivity index (χ4n) is 2.99. The van der Waals surface area contributed by atoms with E-state index in [1.54, 1.807) is 7.11 Å². The molecule has 0 bridgehead atoms. The largest absolute Gasteiger partial charge is 0.496 e. The van der Waals surface area contributed by atoms with E-state index in [0.29, 0.717) is 0 Å². The second-order valence-electron chi connectivity index (χ2n) is 5.68. The number of rotatable bonds is 3. The minimum absolute atomic E-state index is 0.667. The van der Waals surface area contributed by atoms with Crippen LogP contribution in [0.2, 0.25) is 0 Å². The number of hydrogen-bond donors (Lipinski definition) is 1. The van der Waals surface area contributed by atoms with E-state index in [1.165, 1.54) is 16.7 Å². The fraction of sp³-hybridized carbons (Fsp3) is 0.368. The molecule has 0 spiro atoms. The van der Waals surface area contributed by atoms with Gasteiger partial charge in [0.15, 0.2) is 0 Å². The maximum atomic E-state index is 10.9. The van der Waals surface area contributed by atoms with Gasteiger partial charge in [-0.15, -0.1) is 0 Å². The van der Waals surface area contributed by atoms with Gasteiger partial charge in [0.05, 0.1) is 7.11 Å². The van der Waals surface area contributed by atoms with Crippen molar-refractivity contribution in [2.75, 3.05) is 7.11 Å². The molecule has 0 fully saturated rings. The molecule has 0 amide bonds. The van der Waals surface area contributed by atoms with E-state index in [1.807, 2.05) is 24.3 Å². The molecule has 0 radical (unpaired) electrons. The molecule has 0 aliphatic rings. The third kappa shape index (κ3) is 2.56. The fourth-order valence-corrected chi connectivity index (χ4v) is 2.99. The van der Waals surface area contributed by atoms with E-state index in [2.05, 4.69) is 34.6 Å². The molecule has 2 heteroatoms. The normalized spacial score (nSPS) is 12.3. The van der Waals surface area contributed by atoms with Crippen molar-refractivity contribution in [3.05, 3.63) is 63.2 Å². The van der Waals surface area contributed by atoms with Crippen LogP contribution in [0.25, 0.3) is 0 Å². The third-order valence-corrected chi connectivity index (χ3v) is 4.76. The highest BCUT2D eigenvalue weighted by atomic mass is 16.5. The van der Waals surface area contributed by atoms with Gasteiger partial charge in [-0.3, -0.25) is 0 Å². The van der Waals surface area contributed by atoms with Crippen LogP contribution in [0.15, 0.2) is 24.3 Å². The second-order valence-corrected chi connectivity index (χ2v) is 5.68. The molecular weight excluding hydrogens is 260 g/mol. The van der Waals surface area contributed by atoms with Crippen LogP contribution in [0.4, 0.5) is 0 Å². The van der Waals surface area contributed by atoms with E-state index in [4.69, 9.17) is 4.74 Å². The molecule has 0 aliphatic heterocycles. The summed E-state index contributed by atoms with van der Waals surface area (Å²) < 4.78 is 5.39. The molecule has 112 valence electrons. The minimum Gasteiger partial charge on any atom is -0.496 e. The highest BCUT2D eigenvalue weighted by molar-refractivity contribution is 5.53. The molecule has 2 nitrogen and oxygen atoms in total. The zero-order valence-corrected chi connectivity index (χ0v) is 13.7. The van der Waals surface area contributed by atoms with Gasteiger partial charge in [-0.05, 0) is 74.1 Å². The van der Waals surface area contributed by atoms with Crippen LogP contribution in [-0.4, -0.2) is 12.2 Å². The van der Waals surface area contributed by atoms with Crippen LogP contribution >= 0.6 is 0 Å². The first-order valence-corrected chi connectivity index (χ1v) is 7.28. The summed E-state index contributed by atoms with van der Waals surface area (Å²) in [5.41, 5.74) is 7.95. The highest BCUT2D eigenvalue weighted by Crippen LogP contribution is 2.36. The summed E-state index contributed by atoms with van der Waals surface area (Å²) in [7, 11) is 1.64. The first-order valence-electron chi connectivity index (χ1n) is 7.28. The van der Waals surface area contributed by atoms with Crippen molar-refractivity contribution in [2.45, 2.75) is 40.7 Å². The van der Waals surface area contributed by atoms with Crippen molar-refractivity contribution in [1.29, 1.82) is 0 Å². The predicted octanol–water partition coefficient (Wildman–Crippen LogP) is 4.32.